The summed E-state index contributed by atoms with van der Waals surface area (Å²) in [6.45, 7) is 5.07. The lowest BCUT2D eigenvalue weighted by Crippen LogP contribution is -2.32. The Morgan fingerprint density at radius 2 is 2.29 bits per heavy atom. The minimum Gasteiger partial charge on any atom is -0.335 e. The number of carbonyl (C=O) groups excluding carboxylic acids is 1. The number of halogens is 1. The maximum atomic E-state index is 11.8. The van der Waals surface area contributed by atoms with E-state index < -0.39 is 0 Å². The van der Waals surface area contributed by atoms with Gasteiger partial charge in [-0.15, -0.1) is 6.58 Å². The van der Waals surface area contributed by atoms with Crippen LogP contribution in [0, 0.1) is 0 Å². The van der Waals surface area contributed by atoms with Gasteiger partial charge in [-0.25, -0.2) is 0 Å². The number of nitrogens with two attached hydrogens (primary N) is 1. The van der Waals surface area contributed by atoms with Gasteiger partial charge >= 0.3 is 0 Å². The van der Waals surface area contributed by atoms with Crippen molar-refractivity contribution < 1.29 is 4.79 Å². The smallest absolute Gasteiger partial charge is 0.224 e. The van der Waals surface area contributed by atoms with Crippen molar-refractivity contribution in [2.75, 3.05) is 13.1 Å². The van der Waals surface area contributed by atoms with Crippen molar-refractivity contribution in [3.63, 3.8) is 0 Å². The molecule has 1 aromatic carbocycles. The lowest BCUT2D eigenvalue weighted by atomic mass is 10.2. The van der Waals surface area contributed by atoms with E-state index in [2.05, 4.69) is 6.58 Å². The van der Waals surface area contributed by atoms with E-state index in [0.29, 0.717) is 31.1 Å². The van der Waals surface area contributed by atoms with Crippen LogP contribution in [0.1, 0.15) is 12.0 Å². The summed E-state index contributed by atoms with van der Waals surface area (Å²) < 4.78 is 0. The first-order chi connectivity index (χ1) is 8.17. The lowest BCUT2D eigenvalue weighted by molar-refractivity contribution is -0.131. The molecule has 0 aliphatic heterocycles. The number of carbonyl (C=O) groups is 1. The zero-order valence-corrected chi connectivity index (χ0v) is 10.5. The van der Waals surface area contributed by atoms with Gasteiger partial charge in [0.25, 0.3) is 0 Å². The molecular weight excluding hydrogens is 236 g/mol. The van der Waals surface area contributed by atoms with Crippen LogP contribution in [-0.4, -0.2) is 23.9 Å². The average molecular weight is 253 g/mol. The van der Waals surface area contributed by atoms with Crippen LogP contribution in [0.4, 0.5) is 0 Å². The molecule has 2 N–H and O–H groups in total. The first kappa shape index (κ1) is 13.7. The molecule has 0 atom stereocenters. The largest absolute Gasteiger partial charge is 0.335 e. The summed E-state index contributed by atoms with van der Waals surface area (Å²) in [4.78, 5) is 13.5. The molecule has 0 unspecified atom stereocenters. The number of hydrogen-bond acceptors (Lipinski definition) is 2. The SMILES string of the molecule is C=CCN(Cc1cccc(Cl)c1)C(=O)CCN. The van der Waals surface area contributed by atoms with Crippen LogP contribution in [0.3, 0.4) is 0 Å². The summed E-state index contributed by atoms with van der Waals surface area (Å²) in [5.74, 6) is 0.0346. The third kappa shape index (κ3) is 4.59. The lowest BCUT2D eigenvalue weighted by Gasteiger charge is -2.21. The molecule has 0 aliphatic carbocycles. The zero-order chi connectivity index (χ0) is 12.7. The number of nitrogens with zero attached hydrogens (tertiary/aromatic N) is 1. The van der Waals surface area contributed by atoms with Gasteiger partial charge in [0.05, 0.1) is 0 Å². The van der Waals surface area contributed by atoms with Gasteiger partial charge in [0.2, 0.25) is 5.91 Å². The second-order valence-electron chi connectivity index (χ2n) is 3.73. The van der Waals surface area contributed by atoms with Crippen LogP contribution in [0.25, 0.3) is 0 Å². The zero-order valence-electron chi connectivity index (χ0n) is 9.73. The van der Waals surface area contributed by atoms with Gasteiger partial charge in [0.15, 0.2) is 0 Å². The second kappa shape index (κ2) is 7.09. The van der Waals surface area contributed by atoms with Crippen LogP contribution in [0.2, 0.25) is 5.02 Å². The quantitative estimate of drug-likeness (QED) is 0.789. The van der Waals surface area contributed by atoms with Gasteiger partial charge in [-0.2, -0.15) is 0 Å². The Balaban J connectivity index is 2.72. The maximum absolute atomic E-state index is 11.8. The van der Waals surface area contributed by atoms with Gasteiger partial charge in [-0.1, -0.05) is 29.8 Å². The van der Waals surface area contributed by atoms with Gasteiger partial charge in [-0.05, 0) is 17.7 Å². The second-order valence-corrected chi connectivity index (χ2v) is 4.17. The minimum absolute atomic E-state index is 0.0346. The molecule has 1 rings (SSSR count). The monoisotopic (exact) mass is 252 g/mol. The number of benzene rings is 1. The molecule has 3 nitrogen and oxygen atoms in total. The van der Waals surface area contributed by atoms with E-state index in [9.17, 15) is 4.79 Å². The number of amides is 1. The summed E-state index contributed by atoms with van der Waals surface area (Å²) in [6.07, 6.45) is 2.06. The highest BCUT2D eigenvalue weighted by molar-refractivity contribution is 6.30. The first-order valence-corrected chi connectivity index (χ1v) is 5.88. The number of hydrogen-bond donors (Lipinski definition) is 1. The van der Waals surface area contributed by atoms with Crippen LogP contribution >= 0.6 is 11.6 Å². The highest BCUT2D eigenvalue weighted by Crippen LogP contribution is 2.13. The molecule has 17 heavy (non-hydrogen) atoms. The predicted octanol–water partition coefficient (Wildman–Crippen LogP) is 2.20. The van der Waals surface area contributed by atoms with Crippen LogP contribution in [-0.2, 0) is 11.3 Å². The minimum atomic E-state index is 0.0346. The Morgan fingerprint density at radius 3 is 2.88 bits per heavy atom. The van der Waals surface area contributed by atoms with Crippen molar-refractivity contribution in [2.24, 2.45) is 5.73 Å². The van der Waals surface area contributed by atoms with E-state index in [0.717, 1.165) is 5.56 Å². The first-order valence-electron chi connectivity index (χ1n) is 5.50. The van der Waals surface area contributed by atoms with Crippen molar-refractivity contribution in [1.82, 2.24) is 4.90 Å². The van der Waals surface area contributed by atoms with E-state index in [4.69, 9.17) is 17.3 Å². The summed E-state index contributed by atoms with van der Waals surface area (Å²) in [5, 5.41) is 0.673. The molecule has 4 heteroatoms. The standard InChI is InChI=1S/C13H17ClN2O/c1-2-8-16(13(17)6-7-15)10-11-4-3-5-12(14)9-11/h2-5,9H,1,6-8,10,15H2. The average Bonchev–Trinajstić information content (AvgIpc) is 2.29. The van der Waals surface area contributed by atoms with E-state index in [1.807, 2.05) is 24.3 Å². The van der Waals surface area contributed by atoms with Gasteiger partial charge < -0.3 is 10.6 Å². The molecule has 0 fully saturated rings. The predicted molar refractivity (Wildman–Crippen MR) is 70.7 cm³/mol. The molecule has 0 aromatic heterocycles. The maximum Gasteiger partial charge on any atom is 0.224 e. The van der Waals surface area contributed by atoms with Crippen molar-refractivity contribution in [3.05, 3.63) is 47.5 Å². The molecule has 0 saturated carbocycles. The summed E-state index contributed by atoms with van der Waals surface area (Å²) in [7, 11) is 0. The Morgan fingerprint density at radius 1 is 1.53 bits per heavy atom. The van der Waals surface area contributed by atoms with E-state index in [1.165, 1.54) is 0 Å². The molecule has 92 valence electrons. The summed E-state index contributed by atoms with van der Waals surface area (Å²) in [5.41, 5.74) is 6.39. The molecule has 1 aromatic rings. The topological polar surface area (TPSA) is 46.3 Å². The van der Waals surface area contributed by atoms with Crippen LogP contribution < -0.4 is 5.73 Å². The fraction of sp³-hybridized carbons (Fsp3) is 0.308. The van der Waals surface area contributed by atoms with Crippen molar-refractivity contribution in [1.29, 1.82) is 0 Å². The van der Waals surface area contributed by atoms with Crippen LogP contribution in [0.5, 0.6) is 0 Å². The Labute approximate surface area is 107 Å². The fourth-order valence-electron chi connectivity index (χ4n) is 1.55. The van der Waals surface area contributed by atoms with E-state index in [1.54, 1.807) is 11.0 Å². The van der Waals surface area contributed by atoms with Gasteiger partial charge in [-0.3, -0.25) is 4.79 Å². The molecule has 0 bridgehead atoms. The van der Waals surface area contributed by atoms with E-state index in [-0.39, 0.29) is 5.91 Å². The van der Waals surface area contributed by atoms with Crippen molar-refractivity contribution in [3.8, 4) is 0 Å². The van der Waals surface area contributed by atoms with Crippen LogP contribution in [0.15, 0.2) is 36.9 Å². The van der Waals surface area contributed by atoms with E-state index >= 15 is 0 Å². The van der Waals surface area contributed by atoms with Crippen molar-refractivity contribution in [2.45, 2.75) is 13.0 Å². The Bertz CT molecular complexity index is 393. The molecule has 0 spiro atoms. The Hall–Kier alpha value is -1.32. The molecule has 0 aliphatic rings. The van der Waals surface area contributed by atoms with Gasteiger partial charge in [0.1, 0.15) is 0 Å². The summed E-state index contributed by atoms with van der Waals surface area (Å²) in [6, 6.07) is 7.48. The third-order valence-electron chi connectivity index (χ3n) is 2.32. The van der Waals surface area contributed by atoms with Gasteiger partial charge in [0, 0.05) is 31.1 Å². The molecule has 0 saturated heterocycles. The fourth-order valence-corrected chi connectivity index (χ4v) is 1.76. The highest BCUT2D eigenvalue weighted by Gasteiger charge is 2.11. The molecule has 0 radical (unpaired) electrons. The Kier molecular flexibility index (Phi) is 5.73. The third-order valence-corrected chi connectivity index (χ3v) is 2.56. The molecule has 0 heterocycles. The molecular formula is C13H17ClN2O. The normalized spacial score (nSPS) is 10.0. The summed E-state index contributed by atoms with van der Waals surface area (Å²) >= 11 is 5.90. The molecule has 1 amide bonds. The number of rotatable bonds is 6. The van der Waals surface area contributed by atoms with Crippen molar-refractivity contribution >= 4 is 17.5 Å². The highest BCUT2D eigenvalue weighted by atomic mass is 35.5.